The average molecular weight is 160 g/mol. The van der Waals surface area contributed by atoms with Crippen LogP contribution in [0.3, 0.4) is 0 Å². The molecule has 2 heteroatoms. The maximum absolute atomic E-state index is 2.12. The molecule has 2 aromatic heterocycles. The number of aromatic nitrogens is 2. The zero-order chi connectivity index (χ0) is 8.55. The van der Waals surface area contributed by atoms with Crippen LogP contribution in [0, 0.1) is 0 Å². The fourth-order valence-corrected chi connectivity index (χ4v) is 1.45. The highest BCUT2D eigenvalue weighted by Crippen LogP contribution is 2.18. The first-order valence-corrected chi connectivity index (χ1v) is 4.02. The molecule has 0 amide bonds. The van der Waals surface area contributed by atoms with E-state index in [2.05, 4.69) is 59.9 Å². The predicted molar refractivity (Wildman–Crippen MR) is 49.8 cm³/mol. The molecule has 0 aromatic carbocycles. The summed E-state index contributed by atoms with van der Waals surface area (Å²) in [5.41, 5.74) is 2.50. The molecule has 0 saturated heterocycles. The minimum Gasteiger partial charge on any atom is -0.349 e. The van der Waals surface area contributed by atoms with Crippen molar-refractivity contribution < 1.29 is 0 Å². The summed E-state index contributed by atoms with van der Waals surface area (Å²) in [4.78, 5) is 0. The van der Waals surface area contributed by atoms with E-state index < -0.39 is 0 Å². The Labute approximate surface area is 72.1 Å². The summed E-state index contributed by atoms with van der Waals surface area (Å²) < 4.78 is 4.24. The molecule has 0 aliphatic heterocycles. The summed E-state index contributed by atoms with van der Waals surface area (Å²) in [6.45, 7) is 0. The summed E-state index contributed by atoms with van der Waals surface area (Å²) in [6.07, 6.45) is 4.12. The van der Waals surface area contributed by atoms with E-state index in [1.165, 1.54) is 11.4 Å². The fraction of sp³-hybridized carbons (Fsp3) is 0.200. The topological polar surface area (TPSA) is 9.86 Å². The molecule has 0 saturated carbocycles. The van der Waals surface area contributed by atoms with Crippen molar-refractivity contribution in [3.8, 4) is 11.4 Å². The zero-order valence-corrected chi connectivity index (χ0v) is 7.36. The Morgan fingerprint density at radius 1 is 0.833 bits per heavy atom. The van der Waals surface area contributed by atoms with Gasteiger partial charge >= 0.3 is 0 Å². The molecule has 0 unspecified atom stereocenters. The van der Waals surface area contributed by atoms with Crippen LogP contribution in [0.4, 0.5) is 0 Å². The number of aryl methyl sites for hydroxylation is 2. The number of hydrogen-bond acceptors (Lipinski definition) is 0. The molecule has 0 atom stereocenters. The number of nitrogens with zero attached hydrogens (tertiary/aromatic N) is 2. The van der Waals surface area contributed by atoms with Gasteiger partial charge in [-0.15, -0.1) is 0 Å². The van der Waals surface area contributed by atoms with Gasteiger partial charge in [-0.1, -0.05) is 0 Å². The van der Waals surface area contributed by atoms with Crippen molar-refractivity contribution in [3.63, 3.8) is 0 Å². The molecule has 0 bridgehead atoms. The lowest BCUT2D eigenvalue weighted by Gasteiger charge is -2.03. The second-order valence-electron chi connectivity index (χ2n) is 3.01. The van der Waals surface area contributed by atoms with Crippen molar-refractivity contribution in [3.05, 3.63) is 36.7 Å². The van der Waals surface area contributed by atoms with Crippen molar-refractivity contribution in [1.82, 2.24) is 9.13 Å². The third-order valence-electron chi connectivity index (χ3n) is 2.15. The van der Waals surface area contributed by atoms with Crippen molar-refractivity contribution in [2.24, 2.45) is 14.1 Å². The van der Waals surface area contributed by atoms with Crippen LogP contribution in [0.2, 0.25) is 0 Å². The monoisotopic (exact) mass is 160 g/mol. The van der Waals surface area contributed by atoms with Gasteiger partial charge in [0.25, 0.3) is 0 Å². The van der Waals surface area contributed by atoms with E-state index in [4.69, 9.17) is 0 Å². The van der Waals surface area contributed by atoms with E-state index >= 15 is 0 Å². The summed E-state index contributed by atoms with van der Waals surface area (Å²) in [5, 5.41) is 0. The van der Waals surface area contributed by atoms with Crippen molar-refractivity contribution >= 4 is 0 Å². The lowest BCUT2D eigenvalue weighted by atomic mass is 10.3. The largest absolute Gasteiger partial charge is 0.349 e. The molecule has 2 rings (SSSR count). The molecule has 62 valence electrons. The number of hydrogen-bond donors (Lipinski definition) is 0. The van der Waals surface area contributed by atoms with Crippen LogP contribution < -0.4 is 0 Å². The Morgan fingerprint density at radius 3 is 1.50 bits per heavy atom. The molecule has 12 heavy (non-hydrogen) atoms. The van der Waals surface area contributed by atoms with Crippen LogP contribution in [-0.2, 0) is 14.1 Å². The molecule has 2 heterocycles. The first-order chi connectivity index (χ1) is 5.79. The first kappa shape index (κ1) is 7.22. The lowest BCUT2D eigenvalue weighted by molar-refractivity contribution is 0.885. The molecule has 2 aromatic rings. The molecule has 0 N–H and O–H groups in total. The second-order valence-corrected chi connectivity index (χ2v) is 3.01. The Morgan fingerprint density at radius 2 is 1.25 bits per heavy atom. The van der Waals surface area contributed by atoms with Crippen LogP contribution in [0.1, 0.15) is 0 Å². The van der Waals surface area contributed by atoms with Crippen LogP contribution in [0.15, 0.2) is 36.7 Å². The Kier molecular flexibility index (Phi) is 1.54. The number of rotatable bonds is 1. The van der Waals surface area contributed by atoms with E-state index in [0.29, 0.717) is 0 Å². The predicted octanol–water partition coefficient (Wildman–Crippen LogP) is 2.03. The van der Waals surface area contributed by atoms with E-state index in [-0.39, 0.29) is 0 Å². The van der Waals surface area contributed by atoms with Crippen molar-refractivity contribution in [1.29, 1.82) is 0 Å². The molecule has 0 aliphatic carbocycles. The quantitative estimate of drug-likeness (QED) is 0.604. The fourth-order valence-electron chi connectivity index (χ4n) is 1.45. The normalized spacial score (nSPS) is 10.5. The summed E-state index contributed by atoms with van der Waals surface area (Å²) in [7, 11) is 4.12. The third kappa shape index (κ3) is 0.961. The molecular formula is C10H12N2. The Hall–Kier alpha value is -1.44. The SMILES string of the molecule is Cn1cccc1-c1cccn1C. The van der Waals surface area contributed by atoms with E-state index in [0.717, 1.165) is 0 Å². The van der Waals surface area contributed by atoms with Gasteiger partial charge in [0, 0.05) is 26.5 Å². The Bertz CT molecular complexity index is 344. The van der Waals surface area contributed by atoms with Crippen LogP contribution in [0.5, 0.6) is 0 Å². The molecule has 0 radical (unpaired) electrons. The van der Waals surface area contributed by atoms with Crippen LogP contribution in [-0.4, -0.2) is 9.13 Å². The molecule has 2 nitrogen and oxygen atoms in total. The van der Waals surface area contributed by atoms with Gasteiger partial charge in [0.15, 0.2) is 0 Å². The van der Waals surface area contributed by atoms with Gasteiger partial charge in [-0.3, -0.25) is 0 Å². The minimum atomic E-state index is 1.25. The summed E-state index contributed by atoms with van der Waals surface area (Å²) >= 11 is 0. The maximum atomic E-state index is 2.12. The molecular weight excluding hydrogens is 148 g/mol. The molecule has 0 aliphatic rings. The second kappa shape index (κ2) is 2.55. The third-order valence-corrected chi connectivity index (χ3v) is 2.15. The van der Waals surface area contributed by atoms with Crippen LogP contribution >= 0.6 is 0 Å². The van der Waals surface area contributed by atoms with E-state index in [9.17, 15) is 0 Å². The van der Waals surface area contributed by atoms with E-state index in [1.807, 2.05) is 0 Å². The van der Waals surface area contributed by atoms with Crippen LogP contribution in [0.25, 0.3) is 11.4 Å². The van der Waals surface area contributed by atoms with Gasteiger partial charge in [-0.05, 0) is 24.3 Å². The molecule has 0 fully saturated rings. The average Bonchev–Trinajstić information content (AvgIpc) is 2.59. The first-order valence-electron chi connectivity index (χ1n) is 4.02. The van der Waals surface area contributed by atoms with Gasteiger partial charge in [0.1, 0.15) is 0 Å². The highest BCUT2D eigenvalue weighted by Gasteiger charge is 2.02. The molecule has 0 spiro atoms. The van der Waals surface area contributed by atoms with Crippen molar-refractivity contribution in [2.45, 2.75) is 0 Å². The van der Waals surface area contributed by atoms with Gasteiger partial charge in [-0.25, -0.2) is 0 Å². The lowest BCUT2D eigenvalue weighted by Crippen LogP contribution is -1.94. The Balaban J connectivity index is 2.57. The summed E-state index contributed by atoms with van der Waals surface area (Å²) in [5.74, 6) is 0. The van der Waals surface area contributed by atoms with Gasteiger partial charge < -0.3 is 9.13 Å². The maximum Gasteiger partial charge on any atom is 0.0645 e. The highest BCUT2D eigenvalue weighted by molar-refractivity contribution is 5.56. The smallest absolute Gasteiger partial charge is 0.0645 e. The van der Waals surface area contributed by atoms with Gasteiger partial charge in [-0.2, -0.15) is 0 Å². The standard InChI is InChI=1S/C10H12N2/c1-11-7-3-5-9(11)10-6-4-8-12(10)2/h3-8H,1-2H3. The summed E-state index contributed by atoms with van der Waals surface area (Å²) in [6, 6.07) is 8.36. The zero-order valence-electron chi connectivity index (χ0n) is 7.36. The highest BCUT2D eigenvalue weighted by atomic mass is 15.0. The van der Waals surface area contributed by atoms with E-state index in [1.54, 1.807) is 0 Å². The van der Waals surface area contributed by atoms with Gasteiger partial charge in [0.05, 0.1) is 11.4 Å². The minimum absolute atomic E-state index is 1.25. The van der Waals surface area contributed by atoms with Gasteiger partial charge in [0.2, 0.25) is 0 Å². The van der Waals surface area contributed by atoms with Crippen molar-refractivity contribution in [2.75, 3.05) is 0 Å².